The van der Waals surface area contributed by atoms with Gasteiger partial charge in [0.2, 0.25) is 5.91 Å². The van der Waals surface area contributed by atoms with Gasteiger partial charge in [-0.15, -0.1) is 0 Å². The summed E-state index contributed by atoms with van der Waals surface area (Å²) in [6, 6.07) is 12.5. The number of hydrogen-bond donors (Lipinski definition) is 0. The first-order chi connectivity index (χ1) is 15.0. The second-order valence-electron chi connectivity index (χ2n) is 8.17. The number of hydrogen-bond acceptors (Lipinski definition) is 4. The van der Waals surface area contributed by atoms with Crippen LogP contribution >= 0.6 is 0 Å². The number of rotatable bonds is 5. The van der Waals surface area contributed by atoms with Crippen LogP contribution < -0.4 is 9.64 Å². The zero-order valence-corrected chi connectivity index (χ0v) is 18.8. The Hall–Kier alpha value is -3.21. The molecule has 0 unspecified atom stereocenters. The van der Waals surface area contributed by atoms with Crippen molar-refractivity contribution in [3.8, 4) is 5.75 Å². The first kappa shape index (κ1) is 21.0. The van der Waals surface area contributed by atoms with Crippen molar-refractivity contribution in [1.82, 2.24) is 4.90 Å². The van der Waals surface area contributed by atoms with Gasteiger partial charge in [0.25, 0.3) is 0 Å². The van der Waals surface area contributed by atoms with Gasteiger partial charge < -0.3 is 19.0 Å². The summed E-state index contributed by atoms with van der Waals surface area (Å²) in [5.74, 6) is 0.794. The largest absolute Gasteiger partial charge is 0.493 e. The second kappa shape index (κ2) is 8.88. The number of furan rings is 1. The molecule has 0 bridgehead atoms. The predicted molar refractivity (Wildman–Crippen MR) is 126 cm³/mol. The lowest BCUT2D eigenvalue weighted by molar-refractivity contribution is -0.126. The summed E-state index contributed by atoms with van der Waals surface area (Å²) in [5.41, 5.74) is 6.19. The molecule has 0 atom stereocenters. The number of carbonyl (C=O) groups is 1. The highest BCUT2D eigenvalue weighted by molar-refractivity contribution is 5.97. The van der Waals surface area contributed by atoms with E-state index in [1.807, 2.05) is 31.7 Å². The third-order valence-electron chi connectivity index (χ3n) is 5.89. The number of benzene rings is 2. The fraction of sp³-hybridized carbons (Fsp3) is 0.346. The van der Waals surface area contributed by atoms with Crippen LogP contribution in [0.4, 0.5) is 5.69 Å². The van der Waals surface area contributed by atoms with Gasteiger partial charge in [-0.3, -0.25) is 4.79 Å². The SMILES string of the molecule is CCOc1cc2occ(C)c2cc1/C(C)=C/C(=O)N1CCN(c2cccc(C)c2)CC1. The molecule has 31 heavy (non-hydrogen) atoms. The van der Waals surface area contributed by atoms with E-state index in [0.29, 0.717) is 6.61 Å². The highest BCUT2D eigenvalue weighted by Gasteiger charge is 2.21. The van der Waals surface area contributed by atoms with Gasteiger partial charge >= 0.3 is 0 Å². The molecule has 3 aromatic rings. The predicted octanol–water partition coefficient (Wildman–Crippen LogP) is 5.20. The van der Waals surface area contributed by atoms with Gasteiger partial charge in [0.15, 0.2) is 0 Å². The van der Waals surface area contributed by atoms with E-state index in [-0.39, 0.29) is 5.91 Å². The van der Waals surface area contributed by atoms with Crippen molar-refractivity contribution >= 4 is 28.1 Å². The number of ether oxygens (including phenoxy) is 1. The number of fused-ring (bicyclic) bond motifs is 1. The molecule has 1 aromatic heterocycles. The van der Waals surface area contributed by atoms with Gasteiger partial charge in [-0.25, -0.2) is 0 Å². The number of amides is 1. The molecule has 0 saturated carbocycles. The molecular weight excluding hydrogens is 388 g/mol. The van der Waals surface area contributed by atoms with Crippen LogP contribution in [-0.4, -0.2) is 43.6 Å². The molecule has 1 aliphatic rings. The molecule has 1 aliphatic heterocycles. The molecule has 1 fully saturated rings. The topological polar surface area (TPSA) is 45.9 Å². The van der Waals surface area contributed by atoms with E-state index in [1.165, 1.54) is 11.3 Å². The Balaban J connectivity index is 1.50. The molecule has 5 nitrogen and oxygen atoms in total. The maximum absolute atomic E-state index is 13.0. The lowest BCUT2D eigenvalue weighted by Gasteiger charge is -2.36. The third-order valence-corrected chi connectivity index (χ3v) is 5.89. The summed E-state index contributed by atoms with van der Waals surface area (Å²) >= 11 is 0. The van der Waals surface area contributed by atoms with E-state index in [0.717, 1.165) is 59.6 Å². The van der Waals surface area contributed by atoms with Crippen LogP contribution in [0, 0.1) is 13.8 Å². The summed E-state index contributed by atoms with van der Waals surface area (Å²) in [6.45, 7) is 11.7. The number of allylic oxidation sites excluding steroid dienone is 1. The number of piperazine rings is 1. The van der Waals surface area contributed by atoms with Crippen molar-refractivity contribution in [1.29, 1.82) is 0 Å². The van der Waals surface area contributed by atoms with Gasteiger partial charge in [0.1, 0.15) is 11.3 Å². The lowest BCUT2D eigenvalue weighted by Crippen LogP contribution is -2.48. The zero-order chi connectivity index (χ0) is 22.0. The van der Waals surface area contributed by atoms with Crippen LogP contribution in [-0.2, 0) is 4.79 Å². The van der Waals surface area contributed by atoms with Gasteiger partial charge in [0, 0.05) is 55.0 Å². The minimum Gasteiger partial charge on any atom is -0.493 e. The summed E-state index contributed by atoms with van der Waals surface area (Å²) in [5, 5.41) is 1.05. The van der Waals surface area contributed by atoms with Crippen LogP contribution in [0.1, 0.15) is 30.5 Å². The molecule has 4 rings (SSSR count). The Kier molecular flexibility index (Phi) is 6.03. The fourth-order valence-corrected chi connectivity index (χ4v) is 4.13. The summed E-state index contributed by atoms with van der Waals surface area (Å²) in [6.07, 6.45) is 3.49. The molecule has 162 valence electrons. The van der Waals surface area contributed by atoms with Crippen LogP contribution in [0.2, 0.25) is 0 Å². The average Bonchev–Trinajstić information content (AvgIpc) is 3.13. The first-order valence-electron chi connectivity index (χ1n) is 10.9. The van der Waals surface area contributed by atoms with Crippen molar-refractivity contribution in [3.05, 3.63) is 65.4 Å². The van der Waals surface area contributed by atoms with Crippen LogP contribution in [0.25, 0.3) is 16.5 Å². The minimum atomic E-state index is 0.0489. The van der Waals surface area contributed by atoms with Crippen molar-refractivity contribution in [3.63, 3.8) is 0 Å². The average molecular weight is 419 g/mol. The Morgan fingerprint density at radius 2 is 1.90 bits per heavy atom. The quantitative estimate of drug-likeness (QED) is 0.534. The van der Waals surface area contributed by atoms with Gasteiger partial charge in [-0.05, 0) is 62.6 Å². The maximum atomic E-state index is 13.0. The normalized spacial score (nSPS) is 14.9. The lowest BCUT2D eigenvalue weighted by atomic mass is 10.0. The standard InChI is InChI=1S/C26H30N2O3/c1-5-30-24-16-25-23(20(4)17-31-25)15-22(24)19(3)14-26(29)28-11-9-27(10-12-28)21-8-6-7-18(2)13-21/h6-8,13-17H,5,9-12H2,1-4H3/b19-14+. The van der Waals surface area contributed by atoms with E-state index in [2.05, 4.69) is 42.2 Å². The molecule has 5 heteroatoms. The van der Waals surface area contributed by atoms with Gasteiger partial charge in [-0.1, -0.05) is 12.1 Å². The molecule has 1 saturated heterocycles. The van der Waals surface area contributed by atoms with E-state index in [4.69, 9.17) is 9.15 Å². The fourth-order valence-electron chi connectivity index (χ4n) is 4.13. The molecule has 0 spiro atoms. The molecule has 2 heterocycles. The molecule has 1 amide bonds. The Morgan fingerprint density at radius 3 is 2.61 bits per heavy atom. The zero-order valence-electron chi connectivity index (χ0n) is 18.8. The van der Waals surface area contributed by atoms with Crippen molar-refractivity contribution in [2.24, 2.45) is 0 Å². The Labute approximate surface area is 183 Å². The first-order valence-corrected chi connectivity index (χ1v) is 10.9. The summed E-state index contributed by atoms with van der Waals surface area (Å²) in [7, 11) is 0. The Morgan fingerprint density at radius 1 is 1.13 bits per heavy atom. The highest BCUT2D eigenvalue weighted by Crippen LogP contribution is 2.33. The maximum Gasteiger partial charge on any atom is 0.246 e. The van der Waals surface area contributed by atoms with Crippen molar-refractivity contribution in [2.75, 3.05) is 37.7 Å². The molecule has 0 radical (unpaired) electrons. The number of nitrogens with zero attached hydrogens (tertiary/aromatic N) is 2. The van der Waals surface area contributed by atoms with E-state index < -0.39 is 0 Å². The van der Waals surface area contributed by atoms with Crippen LogP contribution in [0.3, 0.4) is 0 Å². The highest BCUT2D eigenvalue weighted by atomic mass is 16.5. The van der Waals surface area contributed by atoms with E-state index in [1.54, 1.807) is 12.3 Å². The second-order valence-corrected chi connectivity index (χ2v) is 8.17. The number of aryl methyl sites for hydroxylation is 2. The van der Waals surface area contributed by atoms with Crippen LogP contribution in [0.15, 0.2) is 53.2 Å². The van der Waals surface area contributed by atoms with Gasteiger partial charge in [0.05, 0.1) is 12.9 Å². The van der Waals surface area contributed by atoms with Gasteiger partial charge in [-0.2, -0.15) is 0 Å². The molecule has 2 aromatic carbocycles. The molecule has 0 N–H and O–H groups in total. The van der Waals surface area contributed by atoms with Crippen molar-refractivity contribution in [2.45, 2.75) is 27.7 Å². The van der Waals surface area contributed by atoms with Crippen molar-refractivity contribution < 1.29 is 13.9 Å². The number of anilines is 1. The smallest absolute Gasteiger partial charge is 0.246 e. The summed E-state index contributed by atoms with van der Waals surface area (Å²) in [4.78, 5) is 17.3. The summed E-state index contributed by atoms with van der Waals surface area (Å²) < 4.78 is 11.5. The molecule has 0 aliphatic carbocycles. The monoisotopic (exact) mass is 418 g/mol. The minimum absolute atomic E-state index is 0.0489. The number of carbonyl (C=O) groups excluding carboxylic acids is 1. The Bertz CT molecular complexity index is 1120. The van der Waals surface area contributed by atoms with E-state index in [9.17, 15) is 4.79 Å². The van der Waals surface area contributed by atoms with Crippen LogP contribution in [0.5, 0.6) is 5.75 Å². The molecular formula is C26H30N2O3. The van der Waals surface area contributed by atoms with E-state index >= 15 is 0 Å². The third kappa shape index (κ3) is 4.46.